The predicted octanol–water partition coefficient (Wildman–Crippen LogP) is 1.99. The van der Waals surface area contributed by atoms with Crippen molar-refractivity contribution in [3.05, 3.63) is 54.5 Å². The van der Waals surface area contributed by atoms with Gasteiger partial charge in [-0.2, -0.15) is 5.26 Å². The maximum absolute atomic E-state index is 12.1. The number of nitriles is 1. The van der Waals surface area contributed by atoms with Crippen LogP contribution in [0.4, 0.5) is 5.69 Å². The average Bonchev–Trinajstić information content (AvgIpc) is 3.05. The van der Waals surface area contributed by atoms with Gasteiger partial charge in [-0.3, -0.25) is 9.69 Å². The van der Waals surface area contributed by atoms with Crippen LogP contribution in [-0.4, -0.2) is 25.0 Å². The number of para-hydroxylation sites is 1. The van der Waals surface area contributed by atoms with Crippen molar-refractivity contribution in [2.75, 3.05) is 18.1 Å². The third-order valence-electron chi connectivity index (χ3n) is 2.65. The SMILES string of the molecule is N#CCN(C(=O)COC(=O)c1ccco1)c1ccccc1. The molecule has 2 rings (SSSR count). The molecular weight excluding hydrogens is 272 g/mol. The van der Waals surface area contributed by atoms with Gasteiger partial charge in [0.15, 0.2) is 6.61 Å². The second-order valence-corrected chi connectivity index (χ2v) is 4.03. The molecule has 21 heavy (non-hydrogen) atoms. The fourth-order valence-electron chi connectivity index (χ4n) is 1.67. The van der Waals surface area contributed by atoms with Crippen LogP contribution in [0.2, 0.25) is 0 Å². The Morgan fingerprint density at radius 2 is 1.95 bits per heavy atom. The Morgan fingerprint density at radius 3 is 2.57 bits per heavy atom. The van der Waals surface area contributed by atoms with Gasteiger partial charge in [0, 0.05) is 5.69 Å². The van der Waals surface area contributed by atoms with E-state index in [1.807, 2.05) is 6.07 Å². The van der Waals surface area contributed by atoms with Crippen LogP contribution in [0.15, 0.2) is 53.1 Å². The van der Waals surface area contributed by atoms with Gasteiger partial charge in [-0.15, -0.1) is 0 Å². The lowest BCUT2D eigenvalue weighted by Crippen LogP contribution is -2.35. The molecule has 1 aromatic heterocycles. The first-order chi connectivity index (χ1) is 10.2. The second-order valence-electron chi connectivity index (χ2n) is 4.03. The van der Waals surface area contributed by atoms with Crippen molar-refractivity contribution in [1.82, 2.24) is 0 Å². The maximum atomic E-state index is 12.1. The summed E-state index contributed by atoms with van der Waals surface area (Å²) in [5, 5.41) is 8.81. The van der Waals surface area contributed by atoms with E-state index in [9.17, 15) is 9.59 Å². The van der Waals surface area contributed by atoms with Crippen LogP contribution in [0.3, 0.4) is 0 Å². The molecule has 2 aromatic rings. The molecule has 106 valence electrons. The molecule has 0 saturated carbocycles. The van der Waals surface area contributed by atoms with Crippen molar-refractivity contribution in [2.24, 2.45) is 0 Å². The number of rotatable bonds is 5. The van der Waals surface area contributed by atoms with E-state index in [0.29, 0.717) is 5.69 Å². The van der Waals surface area contributed by atoms with Crippen molar-refractivity contribution in [3.63, 3.8) is 0 Å². The van der Waals surface area contributed by atoms with Gasteiger partial charge >= 0.3 is 5.97 Å². The minimum atomic E-state index is -0.724. The quantitative estimate of drug-likeness (QED) is 0.619. The molecule has 1 amide bonds. The van der Waals surface area contributed by atoms with Crippen molar-refractivity contribution in [2.45, 2.75) is 0 Å². The molecule has 0 aliphatic rings. The number of benzene rings is 1. The number of furan rings is 1. The molecule has 0 N–H and O–H groups in total. The van der Waals surface area contributed by atoms with E-state index in [4.69, 9.17) is 14.4 Å². The van der Waals surface area contributed by atoms with Crippen molar-refractivity contribution in [1.29, 1.82) is 5.26 Å². The Labute approximate surface area is 121 Å². The first kappa shape index (κ1) is 14.3. The first-order valence-corrected chi connectivity index (χ1v) is 6.15. The number of hydrogen-bond acceptors (Lipinski definition) is 5. The molecule has 0 aliphatic carbocycles. The highest BCUT2D eigenvalue weighted by Crippen LogP contribution is 2.13. The summed E-state index contributed by atoms with van der Waals surface area (Å²) in [7, 11) is 0. The molecule has 6 nitrogen and oxygen atoms in total. The number of esters is 1. The Bertz CT molecular complexity index is 644. The van der Waals surface area contributed by atoms with E-state index >= 15 is 0 Å². The number of carbonyl (C=O) groups excluding carboxylic acids is 2. The van der Waals surface area contributed by atoms with E-state index in [1.165, 1.54) is 17.2 Å². The summed E-state index contributed by atoms with van der Waals surface area (Å²) >= 11 is 0. The number of amides is 1. The minimum Gasteiger partial charge on any atom is -0.457 e. The zero-order valence-corrected chi connectivity index (χ0v) is 11.1. The summed E-state index contributed by atoms with van der Waals surface area (Å²) in [6.07, 6.45) is 1.34. The number of carbonyl (C=O) groups is 2. The van der Waals surface area contributed by atoms with Crippen LogP contribution in [0, 0.1) is 11.3 Å². The van der Waals surface area contributed by atoms with Crippen LogP contribution in [0.25, 0.3) is 0 Å². The van der Waals surface area contributed by atoms with Crippen LogP contribution >= 0.6 is 0 Å². The molecule has 0 bridgehead atoms. The number of hydrogen-bond donors (Lipinski definition) is 0. The molecule has 1 aromatic carbocycles. The van der Waals surface area contributed by atoms with Crippen molar-refractivity contribution >= 4 is 17.6 Å². The van der Waals surface area contributed by atoms with E-state index in [1.54, 1.807) is 36.4 Å². The number of nitrogens with zero attached hydrogens (tertiary/aromatic N) is 2. The fourth-order valence-corrected chi connectivity index (χ4v) is 1.67. The topological polar surface area (TPSA) is 83.5 Å². The van der Waals surface area contributed by atoms with Crippen molar-refractivity contribution < 1.29 is 18.7 Å². The zero-order chi connectivity index (χ0) is 15.1. The fraction of sp³-hybridized carbons (Fsp3) is 0.133. The highest BCUT2D eigenvalue weighted by molar-refractivity contribution is 5.96. The van der Waals surface area contributed by atoms with Gasteiger partial charge in [-0.05, 0) is 24.3 Å². The standard InChI is InChI=1S/C15H12N2O4/c16-8-9-17(12-5-2-1-3-6-12)14(18)11-21-15(19)13-7-4-10-20-13/h1-7,10H,9,11H2. The molecule has 0 fully saturated rings. The van der Waals surface area contributed by atoms with Crippen LogP contribution in [-0.2, 0) is 9.53 Å². The Kier molecular flexibility index (Phi) is 4.72. The first-order valence-electron chi connectivity index (χ1n) is 6.15. The monoisotopic (exact) mass is 284 g/mol. The van der Waals surface area contributed by atoms with E-state index in [0.717, 1.165) is 0 Å². The van der Waals surface area contributed by atoms with Crippen molar-refractivity contribution in [3.8, 4) is 6.07 Å². The lowest BCUT2D eigenvalue weighted by Gasteiger charge is -2.19. The minimum absolute atomic E-state index is 0.0225. The Balaban J connectivity index is 2.00. The molecular formula is C15H12N2O4. The summed E-state index contributed by atoms with van der Waals surface area (Å²) in [5.41, 5.74) is 0.568. The van der Waals surface area contributed by atoms with Gasteiger partial charge in [0.2, 0.25) is 5.76 Å². The Hall–Kier alpha value is -3.07. The largest absolute Gasteiger partial charge is 0.457 e. The third kappa shape index (κ3) is 3.70. The van der Waals surface area contributed by atoms with E-state index < -0.39 is 18.5 Å². The summed E-state index contributed by atoms with van der Waals surface area (Å²) in [4.78, 5) is 24.9. The van der Waals surface area contributed by atoms with Crippen LogP contribution in [0.5, 0.6) is 0 Å². The van der Waals surface area contributed by atoms with E-state index in [-0.39, 0.29) is 12.3 Å². The Morgan fingerprint density at radius 1 is 1.19 bits per heavy atom. The molecule has 0 atom stereocenters. The number of anilines is 1. The number of ether oxygens (including phenoxy) is 1. The van der Waals surface area contributed by atoms with Gasteiger partial charge in [-0.25, -0.2) is 4.79 Å². The molecule has 6 heteroatoms. The van der Waals surface area contributed by atoms with Gasteiger partial charge in [0.25, 0.3) is 5.91 Å². The summed E-state index contributed by atoms with van der Waals surface area (Å²) in [6.45, 7) is -0.586. The summed E-state index contributed by atoms with van der Waals surface area (Å²) in [6, 6.07) is 13.6. The summed E-state index contributed by atoms with van der Waals surface area (Å²) in [5.74, 6) is -1.18. The van der Waals surface area contributed by atoms with E-state index in [2.05, 4.69) is 0 Å². The van der Waals surface area contributed by atoms with Gasteiger partial charge in [0.05, 0.1) is 12.3 Å². The highest BCUT2D eigenvalue weighted by Gasteiger charge is 2.18. The average molecular weight is 284 g/mol. The maximum Gasteiger partial charge on any atom is 0.374 e. The molecule has 0 saturated heterocycles. The smallest absolute Gasteiger partial charge is 0.374 e. The second kappa shape index (κ2) is 6.91. The van der Waals surface area contributed by atoms with Crippen LogP contribution < -0.4 is 4.90 Å². The predicted molar refractivity (Wildman–Crippen MR) is 73.4 cm³/mol. The lowest BCUT2D eigenvalue weighted by molar-refractivity contribution is -0.121. The molecule has 0 unspecified atom stereocenters. The summed E-state index contributed by atoms with van der Waals surface area (Å²) < 4.78 is 9.73. The van der Waals surface area contributed by atoms with Crippen LogP contribution in [0.1, 0.15) is 10.6 Å². The molecule has 0 radical (unpaired) electrons. The lowest BCUT2D eigenvalue weighted by atomic mass is 10.3. The molecule has 0 aliphatic heterocycles. The molecule has 1 heterocycles. The zero-order valence-electron chi connectivity index (χ0n) is 11.1. The van der Waals surface area contributed by atoms with Gasteiger partial charge in [0.1, 0.15) is 6.54 Å². The van der Waals surface area contributed by atoms with Gasteiger partial charge < -0.3 is 9.15 Å². The third-order valence-corrected chi connectivity index (χ3v) is 2.65. The molecule has 0 spiro atoms. The normalized spacial score (nSPS) is 9.67. The highest BCUT2D eigenvalue weighted by atomic mass is 16.5. The van der Waals surface area contributed by atoms with Gasteiger partial charge in [-0.1, -0.05) is 18.2 Å².